The molecule has 2 atom stereocenters. The topological polar surface area (TPSA) is 63.4 Å². The molecule has 1 aliphatic rings. The first-order valence-corrected chi connectivity index (χ1v) is 8.18. The Balaban J connectivity index is 2.50. The Morgan fingerprint density at radius 1 is 1.50 bits per heavy atom. The molecule has 1 aliphatic heterocycles. The monoisotopic (exact) mass is 352 g/mol. The van der Waals surface area contributed by atoms with E-state index in [0.29, 0.717) is 17.4 Å². The summed E-state index contributed by atoms with van der Waals surface area (Å²) in [5, 5.41) is 0.219. The van der Waals surface area contributed by atoms with Crippen molar-refractivity contribution < 1.29 is 8.42 Å². The molecule has 1 fully saturated rings. The van der Waals surface area contributed by atoms with Gasteiger partial charge in [-0.2, -0.15) is 4.31 Å². The van der Waals surface area contributed by atoms with Crippen LogP contribution >= 0.6 is 27.5 Å². The smallest absolute Gasteiger partial charge is 0.245 e. The van der Waals surface area contributed by atoms with E-state index in [2.05, 4.69) is 15.9 Å². The highest BCUT2D eigenvalue weighted by Crippen LogP contribution is 2.34. The lowest BCUT2D eigenvalue weighted by Gasteiger charge is -2.23. The van der Waals surface area contributed by atoms with Gasteiger partial charge in [-0.3, -0.25) is 0 Å². The first-order chi connectivity index (χ1) is 8.35. The number of rotatable bonds is 2. The lowest BCUT2D eigenvalue weighted by Crippen LogP contribution is -2.40. The molecule has 0 aliphatic carbocycles. The Hall–Kier alpha value is -0.140. The van der Waals surface area contributed by atoms with E-state index in [-0.39, 0.29) is 22.0 Å². The highest BCUT2D eigenvalue weighted by atomic mass is 79.9. The first kappa shape index (κ1) is 14.3. The van der Waals surface area contributed by atoms with Crippen LogP contribution in [0, 0.1) is 0 Å². The Kier molecular flexibility index (Phi) is 4.04. The Morgan fingerprint density at radius 2 is 2.17 bits per heavy atom. The Labute approximate surface area is 120 Å². The summed E-state index contributed by atoms with van der Waals surface area (Å²) in [7, 11) is -3.61. The minimum absolute atomic E-state index is 0.118. The fourth-order valence-electron chi connectivity index (χ4n) is 2.12. The van der Waals surface area contributed by atoms with Crippen LogP contribution in [0.4, 0.5) is 0 Å². The van der Waals surface area contributed by atoms with Crippen LogP contribution in [0.3, 0.4) is 0 Å². The van der Waals surface area contributed by atoms with Crippen LogP contribution in [-0.2, 0) is 10.0 Å². The van der Waals surface area contributed by atoms with E-state index in [1.54, 1.807) is 18.2 Å². The number of hydrogen-bond acceptors (Lipinski definition) is 3. The van der Waals surface area contributed by atoms with Gasteiger partial charge in [0.2, 0.25) is 10.0 Å². The minimum atomic E-state index is -3.61. The summed E-state index contributed by atoms with van der Waals surface area (Å²) >= 11 is 9.25. The van der Waals surface area contributed by atoms with Gasteiger partial charge in [-0.05, 0) is 41.4 Å². The highest BCUT2D eigenvalue weighted by molar-refractivity contribution is 9.10. The van der Waals surface area contributed by atoms with Crippen molar-refractivity contribution in [2.75, 3.05) is 6.54 Å². The molecular formula is C11H14BrClN2O2S. The second-order valence-corrected chi connectivity index (χ2v) is 7.45. The minimum Gasteiger partial charge on any atom is -0.326 e. The van der Waals surface area contributed by atoms with Gasteiger partial charge in [0.15, 0.2) is 0 Å². The molecule has 0 spiro atoms. The molecule has 2 rings (SSSR count). The molecule has 1 aromatic rings. The molecule has 0 amide bonds. The highest BCUT2D eigenvalue weighted by Gasteiger charge is 2.38. The quantitative estimate of drug-likeness (QED) is 0.886. The number of benzene rings is 1. The lowest BCUT2D eigenvalue weighted by molar-refractivity contribution is 0.393. The van der Waals surface area contributed by atoms with E-state index in [4.69, 9.17) is 17.3 Å². The molecule has 7 heteroatoms. The third-order valence-corrected chi connectivity index (χ3v) is 6.68. The van der Waals surface area contributed by atoms with E-state index >= 15 is 0 Å². The zero-order chi connectivity index (χ0) is 13.5. The van der Waals surface area contributed by atoms with Crippen LogP contribution < -0.4 is 5.73 Å². The predicted octanol–water partition coefficient (Wildman–Crippen LogP) is 2.21. The standard InChI is InChI=1S/C11H14BrClN2O2S/c1-7-10(14)5-6-15(7)18(16,17)11-8(12)3-2-4-9(11)13/h2-4,7,10H,5-6,14H2,1H3. The van der Waals surface area contributed by atoms with Crippen molar-refractivity contribution in [3.05, 3.63) is 27.7 Å². The fourth-order valence-corrected chi connectivity index (χ4v) is 5.48. The second-order valence-electron chi connectivity index (χ2n) is 4.36. The van der Waals surface area contributed by atoms with Crippen molar-refractivity contribution in [3.8, 4) is 0 Å². The Bertz CT molecular complexity index is 544. The molecule has 0 radical (unpaired) electrons. The SMILES string of the molecule is CC1C(N)CCN1S(=O)(=O)c1c(Cl)cccc1Br. The maximum absolute atomic E-state index is 12.6. The third kappa shape index (κ3) is 2.32. The second kappa shape index (κ2) is 5.09. The summed E-state index contributed by atoms with van der Waals surface area (Å²) in [6.07, 6.45) is 0.669. The number of hydrogen-bond donors (Lipinski definition) is 1. The van der Waals surface area contributed by atoms with Gasteiger partial charge >= 0.3 is 0 Å². The zero-order valence-electron chi connectivity index (χ0n) is 9.81. The van der Waals surface area contributed by atoms with E-state index in [1.165, 1.54) is 4.31 Å². The van der Waals surface area contributed by atoms with Gasteiger partial charge in [-0.25, -0.2) is 8.42 Å². The average Bonchev–Trinajstić information content (AvgIpc) is 2.59. The van der Waals surface area contributed by atoms with Crippen molar-refractivity contribution in [2.24, 2.45) is 5.73 Å². The summed E-state index contributed by atoms with van der Waals surface area (Å²) in [6.45, 7) is 2.25. The van der Waals surface area contributed by atoms with Crippen molar-refractivity contribution >= 4 is 37.6 Å². The zero-order valence-corrected chi connectivity index (χ0v) is 13.0. The molecule has 0 bridgehead atoms. The van der Waals surface area contributed by atoms with Crippen molar-refractivity contribution in [3.63, 3.8) is 0 Å². The number of sulfonamides is 1. The summed E-state index contributed by atoms with van der Waals surface area (Å²) in [5.74, 6) is 0. The lowest BCUT2D eigenvalue weighted by atomic mass is 10.2. The maximum Gasteiger partial charge on any atom is 0.245 e. The van der Waals surface area contributed by atoms with E-state index in [0.717, 1.165) is 0 Å². The first-order valence-electron chi connectivity index (χ1n) is 5.57. The van der Waals surface area contributed by atoms with Gasteiger partial charge in [0.25, 0.3) is 0 Å². The number of nitrogens with two attached hydrogens (primary N) is 1. The van der Waals surface area contributed by atoms with Crippen LogP contribution in [0.5, 0.6) is 0 Å². The largest absolute Gasteiger partial charge is 0.326 e. The van der Waals surface area contributed by atoms with Crippen LogP contribution in [0.15, 0.2) is 27.6 Å². The van der Waals surface area contributed by atoms with Gasteiger partial charge in [-0.15, -0.1) is 0 Å². The van der Waals surface area contributed by atoms with Gasteiger partial charge in [0, 0.05) is 23.1 Å². The molecule has 100 valence electrons. The van der Waals surface area contributed by atoms with Crippen molar-refractivity contribution in [1.29, 1.82) is 0 Å². The van der Waals surface area contributed by atoms with Crippen LogP contribution in [0.25, 0.3) is 0 Å². The summed E-state index contributed by atoms with van der Waals surface area (Å²) < 4.78 is 27.1. The van der Waals surface area contributed by atoms with Crippen LogP contribution in [-0.4, -0.2) is 31.4 Å². The summed E-state index contributed by atoms with van der Waals surface area (Å²) in [6, 6.07) is 4.60. The number of halogens is 2. The van der Waals surface area contributed by atoms with E-state index in [1.807, 2.05) is 6.92 Å². The molecular weight excluding hydrogens is 340 g/mol. The van der Waals surface area contributed by atoms with Gasteiger partial charge in [0.05, 0.1) is 5.02 Å². The molecule has 2 N–H and O–H groups in total. The Morgan fingerprint density at radius 3 is 2.67 bits per heavy atom. The molecule has 0 saturated carbocycles. The van der Waals surface area contributed by atoms with E-state index < -0.39 is 10.0 Å². The van der Waals surface area contributed by atoms with Crippen LogP contribution in [0.1, 0.15) is 13.3 Å². The molecule has 2 unspecified atom stereocenters. The molecule has 1 saturated heterocycles. The molecule has 1 aromatic carbocycles. The summed E-state index contributed by atoms with van der Waals surface area (Å²) in [4.78, 5) is 0.118. The van der Waals surface area contributed by atoms with Crippen LogP contribution in [0.2, 0.25) is 5.02 Å². The van der Waals surface area contributed by atoms with Crippen molar-refractivity contribution in [1.82, 2.24) is 4.31 Å². The van der Waals surface area contributed by atoms with Gasteiger partial charge in [-0.1, -0.05) is 17.7 Å². The van der Waals surface area contributed by atoms with E-state index in [9.17, 15) is 8.42 Å². The van der Waals surface area contributed by atoms with Gasteiger partial charge in [0.1, 0.15) is 4.90 Å². The molecule has 0 aromatic heterocycles. The summed E-state index contributed by atoms with van der Waals surface area (Å²) in [5.41, 5.74) is 5.87. The third-order valence-electron chi connectivity index (χ3n) is 3.24. The normalized spacial score (nSPS) is 25.6. The average molecular weight is 354 g/mol. The molecule has 18 heavy (non-hydrogen) atoms. The molecule has 1 heterocycles. The van der Waals surface area contributed by atoms with Crippen molar-refractivity contribution in [2.45, 2.75) is 30.3 Å². The maximum atomic E-state index is 12.6. The van der Waals surface area contributed by atoms with Gasteiger partial charge < -0.3 is 5.73 Å². The molecule has 4 nitrogen and oxygen atoms in total. The fraction of sp³-hybridized carbons (Fsp3) is 0.455. The predicted molar refractivity (Wildman–Crippen MR) is 75.1 cm³/mol. The number of nitrogens with zero attached hydrogens (tertiary/aromatic N) is 1.